The smallest absolute Gasteiger partial charge is 0.243 e. The molecule has 7 nitrogen and oxygen atoms in total. The van der Waals surface area contributed by atoms with Gasteiger partial charge in [0.2, 0.25) is 15.9 Å². The third kappa shape index (κ3) is 4.47. The molecule has 5 rings (SSSR count). The lowest BCUT2D eigenvalue weighted by Crippen LogP contribution is -2.43. The molecule has 0 bridgehead atoms. The lowest BCUT2D eigenvalue weighted by atomic mass is 9.98. The van der Waals surface area contributed by atoms with Crippen LogP contribution in [0, 0.1) is 5.92 Å². The second-order valence-corrected chi connectivity index (χ2v) is 11.0. The number of carbonyl (C=O) groups excluding carboxylic acids is 1. The first-order valence-corrected chi connectivity index (χ1v) is 13.9. The molecule has 1 aromatic heterocycles. The molecule has 3 aromatic carbocycles. The summed E-state index contributed by atoms with van der Waals surface area (Å²) in [5.41, 5.74) is 3.01. The molecule has 1 aliphatic rings. The number of hydrogen-bond donors (Lipinski definition) is 1. The average Bonchev–Trinajstić information content (AvgIpc) is 3.22. The number of ether oxygens (including phenoxy) is 1. The van der Waals surface area contributed by atoms with Crippen molar-refractivity contribution >= 4 is 43.4 Å². The predicted octanol–water partition coefficient (Wildman–Crippen LogP) is 5.25. The lowest BCUT2D eigenvalue weighted by Gasteiger charge is -2.31. The Balaban J connectivity index is 1.34. The topological polar surface area (TPSA) is 80.6 Å². The van der Waals surface area contributed by atoms with Crippen molar-refractivity contribution < 1.29 is 17.9 Å². The van der Waals surface area contributed by atoms with Crippen molar-refractivity contribution in [2.75, 3.05) is 25.0 Å². The van der Waals surface area contributed by atoms with Gasteiger partial charge < -0.3 is 14.6 Å². The zero-order valence-electron chi connectivity index (χ0n) is 20.6. The summed E-state index contributed by atoms with van der Waals surface area (Å²) < 4.78 is 35.6. The maximum atomic E-state index is 13.2. The first kappa shape index (κ1) is 24.3. The molecule has 1 amide bonds. The third-order valence-electron chi connectivity index (χ3n) is 6.88. The Kier molecular flexibility index (Phi) is 6.73. The number of sulfonamides is 1. The number of piperidine rings is 1. The molecule has 0 spiro atoms. The Bertz CT molecular complexity index is 1510. The molecule has 0 aliphatic carbocycles. The van der Waals surface area contributed by atoms with E-state index in [9.17, 15) is 13.2 Å². The van der Waals surface area contributed by atoms with Crippen molar-refractivity contribution in [3.63, 3.8) is 0 Å². The molecule has 2 heterocycles. The number of benzene rings is 3. The molecule has 1 N–H and O–H groups in total. The van der Waals surface area contributed by atoms with Crippen LogP contribution in [0.5, 0.6) is 5.75 Å². The van der Waals surface area contributed by atoms with Gasteiger partial charge in [0.05, 0.1) is 17.4 Å². The van der Waals surface area contributed by atoms with Crippen molar-refractivity contribution in [3.8, 4) is 5.75 Å². The van der Waals surface area contributed by atoms with E-state index in [2.05, 4.69) is 28.9 Å². The van der Waals surface area contributed by atoms with E-state index >= 15 is 0 Å². The van der Waals surface area contributed by atoms with Gasteiger partial charge in [0.15, 0.2) is 0 Å². The summed E-state index contributed by atoms with van der Waals surface area (Å²) >= 11 is 0. The highest BCUT2D eigenvalue weighted by Crippen LogP contribution is 2.32. The number of para-hydroxylation sites is 1. The minimum absolute atomic E-state index is 0.153. The van der Waals surface area contributed by atoms with Gasteiger partial charge in [-0.3, -0.25) is 4.79 Å². The summed E-state index contributed by atoms with van der Waals surface area (Å²) in [5, 5.41) is 5.28. The molecule has 1 aliphatic heterocycles. The van der Waals surface area contributed by atoms with E-state index in [-0.39, 0.29) is 17.3 Å². The largest absolute Gasteiger partial charge is 0.494 e. The van der Waals surface area contributed by atoms with Gasteiger partial charge in [-0.05, 0) is 75.2 Å². The average molecular weight is 506 g/mol. The molecule has 0 radical (unpaired) electrons. The molecule has 36 heavy (non-hydrogen) atoms. The predicted molar refractivity (Wildman–Crippen MR) is 143 cm³/mol. The normalized spacial score (nSPS) is 16.9. The van der Waals surface area contributed by atoms with E-state index in [1.54, 1.807) is 24.3 Å². The molecule has 1 atom stereocenters. The minimum Gasteiger partial charge on any atom is -0.494 e. The highest BCUT2D eigenvalue weighted by atomic mass is 32.2. The second-order valence-electron chi connectivity index (χ2n) is 9.09. The van der Waals surface area contributed by atoms with Crippen LogP contribution >= 0.6 is 0 Å². The Labute approximate surface area is 211 Å². The van der Waals surface area contributed by atoms with E-state index < -0.39 is 15.9 Å². The number of nitrogens with one attached hydrogen (secondary N) is 1. The zero-order chi connectivity index (χ0) is 25.3. The van der Waals surface area contributed by atoms with E-state index in [1.165, 1.54) is 9.82 Å². The summed E-state index contributed by atoms with van der Waals surface area (Å²) in [6, 6.07) is 20.7. The summed E-state index contributed by atoms with van der Waals surface area (Å²) in [7, 11) is -3.69. The lowest BCUT2D eigenvalue weighted by molar-refractivity contribution is -0.120. The quantitative estimate of drug-likeness (QED) is 0.372. The van der Waals surface area contributed by atoms with Gasteiger partial charge >= 0.3 is 0 Å². The maximum Gasteiger partial charge on any atom is 0.243 e. The molecular weight excluding hydrogens is 474 g/mol. The van der Waals surface area contributed by atoms with E-state index in [4.69, 9.17) is 4.74 Å². The van der Waals surface area contributed by atoms with Crippen LogP contribution in [0.25, 0.3) is 21.8 Å². The zero-order valence-corrected chi connectivity index (χ0v) is 21.4. The number of fused-ring (bicyclic) bond motifs is 3. The number of nitrogens with zero attached hydrogens (tertiary/aromatic N) is 2. The van der Waals surface area contributed by atoms with Gasteiger partial charge in [0.1, 0.15) is 5.75 Å². The van der Waals surface area contributed by atoms with Crippen LogP contribution in [0.2, 0.25) is 0 Å². The molecule has 1 saturated heterocycles. The minimum atomic E-state index is -3.69. The number of aryl methyl sites for hydroxylation is 1. The molecule has 0 unspecified atom stereocenters. The second kappa shape index (κ2) is 9.95. The van der Waals surface area contributed by atoms with Crippen LogP contribution in [0.4, 0.5) is 5.69 Å². The first-order valence-electron chi connectivity index (χ1n) is 12.5. The van der Waals surface area contributed by atoms with Gasteiger partial charge in [-0.1, -0.05) is 18.2 Å². The van der Waals surface area contributed by atoms with Crippen LogP contribution in [0.3, 0.4) is 0 Å². The van der Waals surface area contributed by atoms with Crippen LogP contribution in [-0.2, 0) is 21.4 Å². The van der Waals surface area contributed by atoms with Crippen molar-refractivity contribution in [1.29, 1.82) is 0 Å². The van der Waals surface area contributed by atoms with Crippen molar-refractivity contribution in [2.24, 2.45) is 5.92 Å². The Morgan fingerprint density at radius 2 is 1.75 bits per heavy atom. The first-order chi connectivity index (χ1) is 17.4. The number of hydrogen-bond acceptors (Lipinski definition) is 4. The number of anilines is 1. The number of rotatable bonds is 7. The summed E-state index contributed by atoms with van der Waals surface area (Å²) in [4.78, 5) is 13.4. The fourth-order valence-electron chi connectivity index (χ4n) is 5.11. The fourth-order valence-corrected chi connectivity index (χ4v) is 6.64. The molecule has 0 saturated carbocycles. The Morgan fingerprint density at radius 3 is 2.50 bits per heavy atom. The van der Waals surface area contributed by atoms with Crippen molar-refractivity contribution in [1.82, 2.24) is 8.87 Å². The van der Waals surface area contributed by atoms with Gasteiger partial charge in [-0.2, -0.15) is 4.31 Å². The van der Waals surface area contributed by atoms with Crippen molar-refractivity contribution in [3.05, 3.63) is 66.7 Å². The molecular formula is C28H31N3O4S. The number of amides is 1. The maximum absolute atomic E-state index is 13.2. The fraction of sp³-hybridized carbons (Fsp3) is 0.321. The molecule has 4 aromatic rings. The third-order valence-corrected chi connectivity index (χ3v) is 8.76. The Morgan fingerprint density at radius 1 is 1.00 bits per heavy atom. The van der Waals surface area contributed by atoms with E-state index in [1.807, 2.05) is 37.3 Å². The highest BCUT2D eigenvalue weighted by molar-refractivity contribution is 7.89. The van der Waals surface area contributed by atoms with E-state index in [0.717, 1.165) is 28.5 Å². The van der Waals surface area contributed by atoms with Gasteiger partial charge in [0, 0.05) is 47.1 Å². The summed E-state index contributed by atoms with van der Waals surface area (Å²) in [5.74, 6) is 0.0652. The van der Waals surface area contributed by atoms with Crippen molar-refractivity contribution in [2.45, 2.75) is 38.1 Å². The van der Waals surface area contributed by atoms with E-state index in [0.29, 0.717) is 31.7 Å². The van der Waals surface area contributed by atoms with Crippen LogP contribution in [-0.4, -0.2) is 42.9 Å². The monoisotopic (exact) mass is 505 g/mol. The van der Waals surface area contributed by atoms with Gasteiger partial charge in [-0.15, -0.1) is 0 Å². The summed E-state index contributed by atoms with van der Waals surface area (Å²) in [6.07, 6.45) is 1.29. The molecule has 1 fully saturated rings. The standard InChI is InChI=1S/C28H31N3O4S/c1-3-31-26-10-6-5-9-24(26)25-18-21(11-16-27(25)31)29-28(32)20-8-7-17-30(19-20)36(33,34)23-14-12-22(13-15-23)35-4-2/h5-6,9-16,18,20H,3-4,7-8,17,19H2,1-2H3,(H,29,32)/t20-/m1/s1. The Hall–Kier alpha value is -3.36. The van der Waals surface area contributed by atoms with Crippen LogP contribution in [0.15, 0.2) is 71.6 Å². The SMILES string of the molecule is CCOc1ccc(S(=O)(=O)N2CCC[C@@H](C(=O)Nc3ccc4c(c3)c3ccccc3n4CC)C2)cc1. The van der Waals surface area contributed by atoms with Crippen LogP contribution < -0.4 is 10.1 Å². The van der Waals surface area contributed by atoms with Crippen LogP contribution in [0.1, 0.15) is 26.7 Å². The highest BCUT2D eigenvalue weighted by Gasteiger charge is 2.33. The van der Waals surface area contributed by atoms with Gasteiger partial charge in [-0.25, -0.2) is 8.42 Å². The molecule has 8 heteroatoms. The summed E-state index contributed by atoms with van der Waals surface area (Å²) in [6.45, 7) is 5.95. The molecule has 188 valence electrons. The van der Waals surface area contributed by atoms with Gasteiger partial charge in [0.25, 0.3) is 0 Å². The number of aromatic nitrogens is 1. The number of carbonyl (C=O) groups is 1.